The van der Waals surface area contributed by atoms with Crippen molar-refractivity contribution in [3.8, 4) is 0 Å². The van der Waals surface area contributed by atoms with Gasteiger partial charge in [-0.3, -0.25) is 14.5 Å². The third-order valence-corrected chi connectivity index (χ3v) is 3.35. The summed E-state index contributed by atoms with van der Waals surface area (Å²) in [5.74, 6) is -0.0138. The highest BCUT2D eigenvalue weighted by Gasteiger charge is 2.22. The Morgan fingerprint density at radius 1 is 1.32 bits per heavy atom. The molecule has 1 amide bonds. The number of hydrogen-bond donors (Lipinski definition) is 2. The minimum Gasteiger partial charge on any atom is -0.325 e. The average molecular weight is 261 g/mol. The number of Topliss-reactive ketones (excluding diaryl/α,β-unsaturated/α-hetero) is 1. The van der Waals surface area contributed by atoms with Gasteiger partial charge in [-0.2, -0.15) is 0 Å². The molecule has 2 rings (SSSR count). The van der Waals surface area contributed by atoms with Crippen LogP contribution in [0.3, 0.4) is 0 Å². The summed E-state index contributed by atoms with van der Waals surface area (Å²) in [5, 5.41) is 6.01. The number of anilines is 1. The molecule has 1 aromatic rings. The summed E-state index contributed by atoms with van der Waals surface area (Å²) in [5.41, 5.74) is 1.37. The van der Waals surface area contributed by atoms with Gasteiger partial charge in [-0.1, -0.05) is 0 Å². The number of nitrogens with one attached hydrogen (secondary N) is 2. The summed E-state index contributed by atoms with van der Waals surface area (Å²) in [6, 6.07) is 7.39. The van der Waals surface area contributed by atoms with E-state index in [0.717, 1.165) is 18.8 Å². The first kappa shape index (κ1) is 13.7. The molecule has 1 fully saturated rings. The van der Waals surface area contributed by atoms with Crippen molar-refractivity contribution < 1.29 is 9.59 Å². The molecule has 1 aliphatic heterocycles. The molecule has 19 heavy (non-hydrogen) atoms. The monoisotopic (exact) mass is 261 g/mol. The van der Waals surface area contributed by atoms with Gasteiger partial charge in [0.15, 0.2) is 5.78 Å². The maximum absolute atomic E-state index is 11.8. The Kier molecular flexibility index (Phi) is 4.29. The smallest absolute Gasteiger partial charge is 0.238 e. The number of amides is 1. The SMILES string of the molecule is CC(=O)c1ccc(NC(=O)CN(C)C2CNC2)cc1. The summed E-state index contributed by atoms with van der Waals surface area (Å²) in [6.07, 6.45) is 0. The number of likely N-dealkylation sites (N-methyl/N-ethyl adjacent to an activating group) is 1. The predicted molar refractivity (Wildman–Crippen MR) is 74.4 cm³/mol. The molecule has 0 aliphatic carbocycles. The Labute approximate surface area is 113 Å². The van der Waals surface area contributed by atoms with Crippen molar-refractivity contribution in [1.82, 2.24) is 10.2 Å². The average Bonchev–Trinajstić information content (AvgIpc) is 2.26. The molecule has 1 heterocycles. The first-order valence-electron chi connectivity index (χ1n) is 6.38. The van der Waals surface area contributed by atoms with E-state index in [0.29, 0.717) is 18.2 Å². The lowest BCUT2D eigenvalue weighted by atomic mass is 10.1. The highest BCUT2D eigenvalue weighted by atomic mass is 16.2. The predicted octanol–water partition coefficient (Wildman–Crippen LogP) is 0.731. The van der Waals surface area contributed by atoms with E-state index < -0.39 is 0 Å². The van der Waals surface area contributed by atoms with Gasteiger partial charge in [-0.25, -0.2) is 0 Å². The molecule has 0 aromatic heterocycles. The molecule has 0 radical (unpaired) electrons. The van der Waals surface area contributed by atoms with Gasteiger partial charge in [-0.15, -0.1) is 0 Å². The van der Waals surface area contributed by atoms with Crippen molar-refractivity contribution in [2.24, 2.45) is 0 Å². The number of carbonyl (C=O) groups is 2. The van der Waals surface area contributed by atoms with Crippen LogP contribution >= 0.6 is 0 Å². The maximum atomic E-state index is 11.8. The number of nitrogens with zero attached hydrogens (tertiary/aromatic N) is 1. The molecule has 1 aromatic carbocycles. The molecule has 1 saturated heterocycles. The van der Waals surface area contributed by atoms with Gasteiger partial charge in [-0.05, 0) is 38.2 Å². The van der Waals surface area contributed by atoms with Crippen LogP contribution in [-0.4, -0.2) is 49.3 Å². The molecule has 0 bridgehead atoms. The summed E-state index contributed by atoms with van der Waals surface area (Å²) in [4.78, 5) is 25.0. The highest BCUT2D eigenvalue weighted by Crippen LogP contribution is 2.10. The molecule has 0 unspecified atom stereocenters. The van der Waals surface area contributed by atoms with Crippen molar-refractivity contribution in [3.63, 3.8) is 0 Å². The number of ketones is 1. The van der Waals surface area contributed by atoms with E-state index in [1.807, 2.05) is 11.9 Å². The van der Waals surface area contributed by atoms with Gasteiger partial charge in [0.25, 0.3) is 0 Å². The molecule has 1 aliphatic rings. The van der Waals surface area contributed by atoms with Gasteiger partial charge < -0.3 is 10.6 Å². The van der Waals surface area contributed by atoms with E-state index in [9.17, 15) is 9.59 Å². The summed E-state index contributed by atoms with van der Waals surface area (Å²) in [6.45, 7) is 3.78. The molecular formula is C14H19N3O2. The topological polar surface area (TPSA) is 61.4 Å². The van der Waals surface area contributed by atoms with Crippen LogP contribution in [0.15, 0.2) is 24.3 Å². The summed E-state index contributed by atoms with van der Waals surface area (Å²) >= 11 is 0. The Morgan fingerprint density at radius 2 is 1.95 bits per heavy atom. The Balaban J connectivity index is 1.85. The fourth-order valence-electron chi connectivity index (χ4n) is 1.93. The first-order chi connectivity index (χ1) is 9.06. The van der Waals surface area contributed by atoms with Crippen LogP contribution in [0.2, 0.25) is 0 Å². The van der Waals surface area contributed by atoms with Crippen molar-refractivity contribution in [3.05, 3.63) is 29.8 Å². The van der Waals surface area contributed by atoms with E-state index in [1.54, 1.807) is 24.3 Å². The Morgan fingerprint density at radius 3 is 2.42 bits per heavy atom. The van der Waals surface area contributed by atoms with E-state index >= 15 is 0 Å². The highest BCUT2D eigenvalue weighted by molar-refractivity contribution is 5.96. The Hall–Kier alpha value is -1.72. The van der Waals surface area contributed by atoms with Crippen molar-refractivity contribution in [1.29, 1.82) is 0 Å². The minimum atomic E-state index is -0.0371. The number of benzene rings is 1. The zero-order chi connectivity index (χ0) is 13.8. The molecule has 2 N–H and O–H groups in total. The molecule has 0 saturated carbocycles. The second-order valence-corrected chi connectivity index (χ2v) is 4.91. The standard InChI is InChI=1S/C14H19N3O2/c1-10(18)11-3-5-12(6-4-11)16-14(19)9-17(2)13-7-15-8-13/h3-6,13,15H,7-9H2,1-2H3,(H,16,19). The molecular weight excluding hydrogens is 242 g/mol. The largest absolute Gasteiger partial charge is 0.325 e. The van der Waals surface area contributed by atoms with Crippen molar-refractivity contribution in [2.75, 3.05) is 32.0 Å². The van der Waals surface area contributed by atoms with Crippen LogP contribution in [0.4, 0.5) is 5.69 Å². The zero-order valence-corrected chi connectivity index (χ0v) is 11.3. The molecule has 5 heteroatoms. The normalized spacial score (nSPS) is 15.1. The summed E-state index contributed by atoms with van der Waals surface area (Å²) < 4.78 is 0. The van der Waals surface area contributed by atoms with Gasteiger partial charge in [0.05, 0.1) is 6.54 Å². The molecule has 0 spiro atoms. The van der Waals surface area contributed by atoms with Crippen molar-refractivity contribution >= 4 is 17.4 Å². The zero-order valence-electron chi connectivity index (χ0n) is 11.3. The summed E-state index contributed by atoms with van der Waals surface area (Å²) in [7, 11) is 1.95. The second kappa shape index (κ2) is 5.95. The van der Waals surface area contributed by atoms with Gasteiger partial charge in [0, 0.05) is 30.4 Å². The van der Waals surface area contributed by atoms with Crippen LogP contribution in [0.1, 0.15) is 17.3 Å². The van der Waals surface area contributed by atoms with Crippen LogP contribution in [-0.2, 0) is 4.79 Å². The lowest BCUT2D eigenvalue weighted by molar-refractivity contribution is -0.117. The lowest BCUT2D eigenvalue weighted by Crippen LogP contribution is -2.57. The lowest BCUT2D eigenvalue weighted by Gasteiger charge is -2.35. The van der Waals surface area contributed by atoms with Gasteiger partial charge in [0.2, 0.25) is 5.91 Å². The van der Waals surface area contributed by atoms with Crippen LogP contribution in [0.25, 0.3) is 0 Å². The Bertz CT molecular complexity index is 466. The van der Waals surface area contributed by atoms with Crippen LogP contribution in [0.5, 0.6) is 0 Å². The molecule has 5 nitrogen and oxygen atoms in total. The number of rotatable bonds is 5. The maximum Gasteiger partial charge on any atom is 0.238 e. The quantitative estimate of drug-likeness (QED) is 0.767. The van der Waals surface area contributed by atoms with Gasteiger partial charge in [0.1, 0.15) is 0 Å². The number of hydrogen-bond acceptors (Lipinski definition) is 4. The minimum absolute atomic E-state index is 0.0232. The van der Waals surface area contributed by atoms with E-state index in [4.69, 9.17) is 0 Å². The van der Waals surface area contributed by atoms with E-state index in [-0.39, 0.29) is 11.7 Å². The molecule has 0 atom stereocenters. The van der Waals surface area contributed by atoms with E-state index in [2.05, 4.69) is 10.6 Å². The van der Waals surface area contributed by atoms with E-state index in [1.165, 1.54) is 6.92 Å². The fraction of sp³-hybridized carbons (Fsp3) is 0.429. The first-order valence-corrected chi connectivity index (χ1v) is 6.38. The third kappa shape index (κ3) is 3.62. The van der Waals surface area contributed by atoms with Crippen LogP contribution < -0.4 is 10.6 Å². The van der Waals surface area contributed by atoms with Crippen molar-refractivity contribution in [2.45, 2.75) is 13.0 Å². The van der Waals surface area contributed by atoms with Gasteiger partial charge >= 0.3 is 0 Å². The molecule has 102 valence electrons. The van der Waals surface area contributed by atoms with Crippen LogP contribution in [0, 0.1) is 0 Å². The third-order valence-electron chi connectivity index (χ3n) is 3.35. The number of carbonyl (C=O) groups excluding carboxylic acids is 2. The fourth-order valence-corrected chi connectivity index (χ4v) is 1.93. The second-order valence-electron chi connectivity index (χ2n) is 4.91.